The Kier molecular flexibility index (Phi) is 4.98. The third-order valence-electron chi connectivity index (χ3n) is 4.96. The van der Waals surface area contributed by atoms with Gasteiger partial charge in [-0.05, 0) is 48.6 Å². The van der Waals surface area contributed by atoms with E-state index < -0.39 is 0 Å². The van der Waals surface area contributed by atoms with Crippen molar-refractivity contribution in [1.29, 1.82) is 0 Å². The second kappa shape index (κ2) is 8.09. The smallest absolute Gasteiger partial charge is 0.221 e. The molecule has 5 aromatic rings. The van der Waals surface area contributed by atoms with Gasteiger partial charge in [0, 0.05) is 27.7 Å². The van der Waals surface area contributed by atoms with Crippen LogP contribution < -0.4 is 0 Å². The number of aromatic nitrogens is 2. The molecule has 0 bridgehead atoms. The number of hydrogen-bond donors (Lipinski definition) is 0. The van der Waals surface area contributed by atoms with E-state index in [1.165, 1.54) is 6.08 Å². The Labute approximate surface area is 184 Å². The Morgan fingerprint density at radius 2 is 1.68 bits per heavy atom. The number of para-hydroxylation sites is 2. The molecule has 0 amide bonds. The van der Waals surface area contributed by atoms with E-state index in [1.54, 1.807) is 16.8 Å². The molecule has 3 aromatic carbocycles. The zero-order valence-electron chi connectivity index (χ0n) is 16.4. The van der Waals surface area contributed by atoms with Gasteiger partial charge in [-0.3, -0.25) is 4.79 Å². The Bertz CT molecular complexity index is 1360. The molecule has 0 aliphatic heterocycles. The lowest BCUT2D eigenvalue weighted by molar-refractivity contribution is 0.102. The summed E-state index contributed by atoms with van der Waals surface area (Å²) < 4.78 is 7.49. The number of hydrogen-bond acceptors (Lipinski definition) is 3. The highest BCUT2D eigenvalue weighted by Crippen LogP contribution is 2.27. The SMILES string of the molecule is O=C(/C=C/c1cn(-c2ccccc2)nc1-c1ccc(Cl)cc1)c1cc2ccccc2o1. The lowest BCUT2D eigenvalue weighted by Crippen LogP contribution is -1.93. The van der Waals surface area contributed by atoms with Crippen LogP contribution in [0.2, 0.25) is 5.02 Å². The quantitative estimate of drug-likeness (QED) is 0.229. The Morgan fingerprint density at radius 3 is 2.45 bits per heavy atom. The summed E-state index contributed by atoms with van der Waals surface area (Å²) in [5.41, 5.74) is 4.11. The molecule has 0 saturated heterocycles. The predicted octanol–water partition coefficient (Wildman–Crippen LogP) is 6.84. The summed E-state index contributed by atoms with van der Waals surface area (Å²) >= 11 is 6.05. The van der Waals surface area contributed by atoms with E-state index in [4.69, 9.17) is 21.1 Å². The van der Waals surface area contributed by atoms with Gasteiger partial charge in [0.1, 0.15) is 5.58 Å². The Balaban J connectivity index is 1.52. The van der Waals surface area contributed by atoms with Gasteiger partial charge in [-0.2, -0.15) is 5.10 Å². The van der Waals surface area contributed by atoms with Crippen LogP contribution in [-0.2, 0) is 0 Å². The third-order valence-corrected chi connectivity index (χ3v) is 5.22. The fourth-order valence-corrected chi connectivity index (χ4v) is 3.53. The van der Waals surface area contributed by atoms with Crippen LogP contribution >= 0.6 is 11.6 Å². The number of carbonyl (C=O) groups excluding carboxylic acids is 1. The van der Waals surface area contributed by atoms with E-state index in [-0.39, 0.29) is 5.78 Å². The Morgan fingerprint density at radius 1 is 0.935 bits per heavy atom. The molecule has 0 saturated carbocycles. The standard InChI is InChI=1S/C26H17ClN2O2/c27-21-13-10-18(11-14-21)26-20(17-29(28-26)22-7-2-1-3-8-22)12-15-23(30)25-16-19-6-4-5-9-24(19)31-25/h1-17H/b15-12+. The summed E-state index contributed by atoms with van der Waals surface area (Å²) in [6.07, 6.45) is 5.19. The number of ketones is 1. The van der Waals surface area contributed by atoms with Crippen molar-refractivity contribution in [1.82, 2.24) is 9.78 Å². The number of allylic oxidation sites excluding steroid dienone is 1. The zero-order chi connectivity index (χ0) is 21.2. The lowest BCUT2D eigenvalue weighted by Gasteiger charge is -2.00. The van der Waals surface area contributed by atoms with Crippen molar-refractivity contribution in [2.75, 3.05) is 0 Å². The zero-order valence-corrected chi connectivity index (χ0v) is 17.2. The molecule has 0 aliphatic rings. The first-order valence-corrected chi connectivity index (χ1v) is 10.2. The van der Waals surface area contributed by atoms with Gasteiger partial charge in [0.05, 0.1) is 11.4 Å². The minimum atomic E-state index is -0.203. The molecular formula is C26H17ClN2O2. The average Bonchev–Trinajstić information content (AvgIpc) is 3.43. The van der Waals surface area contributed by atoms with E-state index in [1.807, 2.05) is 85.1 Å². The number of furan rings is 1. The number of rotatable bonds is 5. The molecule has 0 N–H and O–H groups in total. The van der Waals surface area contributed by atoms with Crippen molar-refractivity contribution >= 4 is 34.4 Å². The van der Waals surface area contributed by atoms with E-state index in [2.05, 4.69) is 0 Å². The molecule has 2 heterocycles. The van der Waals surface area contributed by atoms with Gasteiger partial charge in [-0.1, -0.05) is 60.1 Å². The molecule has 31 heavy (non-hydrogen) atoms. The van der Waals surface area contributed by atoms with Gasteiger partial charge in [-0.25, -0.2) is 4.68 Å². The fraction of sp³-hybridized carbons (Fsp3) is 0. The van der Waals surface area contributed by atoms with Crippen molar-refractivity contribution in [2.24, 2.45) is 0 Å². The highest BCUT2D eigenvalue weighted by atomic mass is 35.5. The maximum Gasteiger partial charge on any atom is 0.221 e. The Hall–Kier alpha value is -3.89. The summed E-state index contributed by atoms with van der Waals surface area (Å²) in [5.74, 6) is 0.103. The fourth-order valence-electron chi connectivity index (χ4n) is 3.41. The molecule has 0 aliphatic carbocycles. The molecule has 150 valence electrons. The normalized spacial score (nSPS) is 11.4. The van der Waals surface area contributed by atoms with Crippen molar-refractivity contribution in [3.63, 3.8) is 0 Å². The molecule has 0 unspecified atom stereocenters. The number of carbonyl (C=O) groups is 1. The molecule has 0 atom stereocenters. The van der Waals surface area contributed by atoms with Crippen molar-refractivity contribution < 1.29 is 9.21 Å². The molecule has 5 heteroatoms. The van der Waals surface area contributed by atoms with Crippen LogP contribution in [0.5, 0.6) is 0 Å². The van der Waals surface area contributed by atoms with Crippen molar-refractivity contribution in [2.45, 2.75) is 0 Å². The number of nitrogens with zero attached hydrogens (tertiary/aromatic N) is 2. The minimum Gasteiger partial charge on any atom is -0.453 e. The van der Waals surface area contributed by atoms with Crippen LogP contribution in [0.4, 0.5) is 0 Å². The monoisotopic (exact) mass is 424 g/mol. The van der Waals surface area contributed by atoms with Crippen LogP contribution in [-0.4, -0.2) is 15.6 Å². The maximum atomic E-state index is 12.7. The van der Waals surface area contributed by atoms with E-state index >= 15 is 0 Å². The highest BCUT2D eigenvalue weighted by molar-refractivity contribution is 6.30. The van der Waals surface area contributed by atoms with Gasteiger partial charge in [0.2, 0.25) is 5.78 Å². The summed E-state index contributed by atoms with van der Waals surface area (Å²) in [6, 6.07) is 26.6. The van der Waals surface area contributed by atoms with Crippen molar-refractivity contribution in [3.05, 3.63) is 114 Å². The molecule has 0 fully saturated rings. The molecule has 5 rings (SSSR count). The third kappa shape index (κ3) is 3.93. The predicted molar refractivity (Wildman–Crippen MR) is 124 cm³/mol. The van der Waals surface area contributed by atoms with E-state index in [0.29, 0.717) is 16.4 Å². The van der Waals surface area contributed by atoms with Gasteiger partial charge in [-0.15, -0.1) is 0 Å². The van der Waals surface area contributed by atoms with Crippen LogP contribution in [0.25, 0.3) is 34.0 Å². The summed E-state index contributed by atoms with van der Waals surface area (Å²) in [4.78, 5) is 12.7. The lowest BCUT2D eigenvalue weighted by atomic mass is 10.1. The van der Waals surface area contributed by atoms with Gasteiger partial charge in [0.25, 0.3) is 0 Å². The first kappa shape index (κ1) is 19.1. The van der Waals surface area contributed by atoms with Crippen LogP contribution in [0, 0.1) is 0 Å². The maximum absolute atomic E-state index is 12.7. The number of halogens is 1. The van der Waals surface area contributed by atoms with Gasteiger partial charge < -0.3 is 4.42 Å². The van der Waals surface area contributed by atoms with Crippen LogP contribution in [0.15, 0.2) is 102 Å². The van der Waals surface area contributed by atoms with Crippen LogP contribution in [0.1, 0.15) is 16.1 Å². The van der Waals surface area contributed by atoms with Crippen LogP contribution in [0.3, 0.4) is 0 Å². The second-order valence-electron chi connectivity index (χ2n) is 7.07. The van der Waals surface area contributed by atoms with E-state index in [9.17, 15) is 4.79 Å². The molecule has 0 spiro atoms. The first-order chi connectivity index (χ1) is 15.2. The molecule has 2 aromatic heterocycles. The van der Waals surface area contributed by atoms with E-state index in [0.717, 1.165) is 27.9 Å². The minimum absolute atomic E-state index is 0.203. The highest BCUT2D eigenvalue weighted by Gasteiger charge is 2.13. The summed E-state index contributed by atoms with van der Waals surface area (Å²) in [5, 5.41) is 6.31. The largest absolute Gasteiger partial charge is 0.453 e. The summed E-state index contributed by atoms with van der Waals surface area (Å²) in [7, 11) is 0. The molecular weight excluding hydrogens is 408 g/mol. The van der Waals surface area contributed by atoms with Gasteiger partial charge in [0.15, 0.2) is 5.76 Å². The average molecular weight is 425 g/mol. The summed E-state index contributed by atoms with van der Waals surface area (Å²) in [6.45, 7) is 0. The van der Waals surface area contributed by atoms with Crippen molar-refractivity contribution in [3.8, 4) is 16.9 Å². The molecule has 4 nitrogen and oxygen atoms in total. The number of benzene rings is 3. The molecule has 0 radical (unpaired) electrons. The second-order valence-corrected chi connectivity index (χ2v) is 7.50. The van der Waals surface area contributed by atoms with Gasteiger partial charge >= 0.3 is 0 Å². The first-order valence-electron chi connectivity index (χ1n) is 9.79. The number of fused-ring (bicyclic) bond motifs is 1. The topological polar surface area (TPSA) is 48.0 Å².